The average Bonchev–Trinajstić information content (AvgIpc) is 2.68. The van der Waals surface area contributed by atoms with E-state index in [0.29, 0.717) is 40.7 Å². The van der Waals surface area contributed by atoms with E-state index in [1.54, 1.807) is 25.1 Å². The molecule has 1 aliphatic rings. The second-order valence-corrected chi connectivity index (χ2v) is 6.79. The molecule has 1 aliphatic heterocycles. The molecule has 2 aromatic rings. The van der Waals surface area contributed by atoms with Gasteiger partial charge in [-0.15, -0.1) is 0 Å². The molecular formula is C19H21ClN4O5. The number of fused-ring (bicyclic) bond motifs is 1. The first-order chi connectivity index (χ1) is 13.9. The zero-order valence-corrected chi connectivity index (χ0v) is 16.9. The van der Waals surface area contributed by atoms with Gasteiger partial charge >= 0.3 is 6.09 Å². The summed E-state index contributed by atoms with van der Waals surface area (Å²) in [7, 11) is 1.50. The fourth-order valence-electron chi connectivity index (χ4n) is 3.00. The van der Waals surface area contributed by atoms with Gasteiger partial charge in [-0.2, -0.15) is 5.10 Å². The molecule has 1 N–H and O–H groups in total. The molecule has 29 heavy (non-hydrogen) atoms. The monoisotopic (exact) mass is 420 g/mol. The molecule has 0 bridgehead atoms. The summed E-state index contributed by atoms with van der Waals surface area (Å²) in [6.45, 7) is 2.48. The maximum atomic E-state index is 12.4. The minimum absolute atomic E-state index is 0.239. The van der Waals surface area contributed by atoms with Crippen molar-refractivity contribution in [3.8, 4) is 5.75 Å². The third-order valence-electron chi connectivity index (χ3n) is 4.40. The lowest BCUT2D eigenvalue weighted by Crippen LogP contribution is -2.39. The number of halogens is 1. The van der Waals surface area contributed by atoms with E-state index in [0.717, 1.165) is 4.68 Å². The minimum Gasteiger partial charge on any atom is -0.495 e. The number of nitrogens with one attached hydrogen (secondary N) is 1. The Morgan fingerprint density at radius 1 is 1.31 bits per heavy atom. The minimum atomic E-state index is -0.419. The highest BCUT2D eigenvalue weighted by Crippen LogP contribution is 2.27. The number of ether oxygens (including phenoxy) is 2. The second kappa shape index (κ2) is 8.95. The fraction of sp³-hybridized carbons (Fsp3) is 0.368. The number of nitrogens with zero attached hydrogens (tertiary/aromatic N) is 3. The van der Waals surface area contributed by atoms with Crippen LogP contribution in [-0.2, 0) is 29.0 Å². The van der Waals surface area contributed by atoms with Crippen LogP contribution in [0.4, 0.5) is 10.5 Å². The van der Waals surface area contributed by atoms with E-state index in [1.165, 1.54) is 18.1 Å². The van der Waals surface area contributed by atoms with Gasteiger partial charge in [-0.1, -0.05) is 11.6 Å². The van der Waals surface area contributed by atoms with Crippen LogP contribution in [0, 0.1) is 0 Å². The number of carbonyl (C=O) groups excluding carboxylic acids is 2. The first-order valence-electron chi connectivity index (χ1n) is 9.06. The summed E-state index contributed by atoms with van der Waals surface area (Å²) in [5.41, 5.74) is 1.41. The number of amides is 2. The van der Waals surface area contributed by atoms with Crippen LogP contribution in [0.1, 0.15) is 18.2 Å². The molecule has 1 aromatic carbocycles. The Labute approximate surface area is 172 Å². The van der Waals surface area contributed by atoms with Gasteiger partial charge in [-0.3, -0.25) is 9.59 Å². The zero-order valence-electron chi connectivity index (χ0n) is 16.1. The summed E-state index contributed by atoms with van der Waals surface area (Å²) >= 11 is 6.05. The van der Waals surface area contributed by atoms with Crippen LogP contribution in [0.3, 0.4) is 0 Å². The quantitative estimate of drug-likeness (QED) is 0.794. The van der Waals surface area contributed by atoms with Crippen molar-refractivity contribution >= 4 is 29.3 Å². The van der Waals surface area contributed by atoms with E-state index in [2.05, 4.69) is 10.4 Å². The van der Waals surface area contributed by atoms with E-state index in [4.69, 9.17) is 21.1 Å². The first-order valence-corrected chi connectivity index (χ1v) is 9.44. The Morgan fingerprint density at radius 2 is 2.10 bits per heavy atom. The lowest BCUT2D eigenvalue weighted by molar-refractivity contribution is -0.117. The summed E-state index contributed by atoms with van der Waals surface area (Å²) < 4.78 is 11.2. The second-order valence-electron chi connectivity index (χ2n) is 6.38. The summed E-state index contributed by atoms with van der Waals surface area (Å²) in [6.07, 6.45) is 0.0595. The molecule has 0 atom stereocenters. The molecule has 0 saturated heterocycles. The molecule has 0 aliphatic carbocycles. The van der Waals surface area contributed by atoms with Crippen LogP contribution in [0.5, 0.6) is 5.75 Å². The third-order valence-corrected chi connectivity index (χ3v) is 4.69. The van der Waals surface area contributed by atoms with Crippen LogP contribution in [0.2, 0.25) is 5.02 Å². The predicted octanol–water partition coefficient (Wildman–Crippen LogP) is 2.06. The molecule has 0 saturated carbocycles. The van der Waals surface area contributed by atoms with Gasteiger partial charge in [0.15, 0.2) is 0 Å². The van der Waals surface area contributed by atoms with Crippen LogP contribution >= 0.6 is 11.6 Å². The van der Waals surface area contributed by atoms with Gasteiger partial charge in [0.2, 0.25) is 5.91 Å². The topological polar surface area (TPSA) is 103 Å². The van der Waals surface area contributed by atoms with Crippen LogP contribution in [0.25, 0.3) is 0 Å². The largest absolute Gasteiger partial charge is 0.495 e. The molecule has 0 radical (unpaired) electrons. The number of rotatable bonds is 5. The number of hydrogen-bond acceptors (Lipinski definition) is 6. The number of anilines is 1. The normalized spacial score (nSPS) is 12.9. The highest BCUT2D eigenvalue weighted by atomic mass is 35.5. The Balaban J connectivity index is 1.69. The van der Waals surface area contributed by atoms with E-state index < -0.39 is 17.6 Å². The van der Waals surface area contributed by atoms with Gasteiger partial charge in [-0.05, 0) is 25.1 Å². The van der Waals surface area contributed by atoms with Crippen LogP contribution < -0.4 is 15.6 Å². The van der Waals surface area contributed by atoms with E-state index >= 15 is 0 Å². The molecule has 3 rings (SSSR count). The Bertz CT molecular complexity index is 991. The van der Waals surface area contributed by atoms with E-state index in [-0.39, 0.29) is 19.7 Å². The standard InChI is InChI=1S/C19H21ClN4O5/c1-3-29-19(27)23-7-6-15-12(10-23)8-18(26)24(22-15)11-17(25)21-13-4-5-16(28-2)14(20)9-13/h4-5,8-9H,3,6-7,10-11H2,1-2H3,(H,21,25). The van der Waals surface area contributed by atoms with Gasteiger partial charge in [0.25, 0.3) is 5.56 Å². The van der Waals surface area contributed by atoms with Crippen molar-refractivity contribution in [2.45, 2.75) is 26.4 Å². The van der Waals surface area contributed by atoms with Gasteiger partial charge in [0.1, 0.15) is 12.3 Å². The summed E-state index contributed by atoms with van der Waals surface area (Å²) in [4.78, 5) is 38.1. The maximum absolute atomic E-state index is 12.4. The van der Waals surface area contributed by atoms with Crippen molar-refractivity contribution in [1.82, 2.24) is 14.7 Å². The highest BCUT2D eigenvalue weighted by Gasteiger charge is 2.24. The molecule has 0 fully saturated rings. The van der Waals surface area contributed by atoms with Crippen molar-refractivity contribution in [3.63, 3.8) is 0 Å². The Morgan fingerprint density at radius 3 is 2.79 bits per heavy atom. The van der Waals surface area contributed by atoms with Gasteiger partial charge in [0, 0.05) is 30.3 Å². The molecular weight excluding hydrogens is 400 g/mol. The molecule has 2 heterocycles. The SMILES string of the molecule is CCOC(=O)N1CCc2nn(CC(=O)Nc3ccc(OC)c(Cl)c3)c(=O)cc2C1. The van der Waals surface area contributed by atoms with Gasteiger partial charge in [0.05, 0.1) is 31.0 Å². The predicted molar refractivity (Wildman–Crippen MR) is 106 cm³/mol. The lowest BCUT2D eigenvalue weighted by Gasteiger charge is -2.27. The van der Waals surface area contributed by atoms with Gasteiger partial charge in [-0.25, -0.2) is 9.48 Å². The summed E-state index contributed by atoms with van der Waals surface area (Å²) in [6, 6.07) is 6.25. The zero-order chi connectivity index (χ0) is 21.0. The lowest BCUT2D eigenvalue weighted by atomic mass is 10.1. The van der Waals surface area contributed by atoms with Crippen LogP contribution in [0.15, 0.2) is 29.1 Å². The highest BCUT2D eigenvalue weighted by molar-refractivity contribution is 6.32. The number of aromatic nitrogens is 2. The molecule has 10 heteroatoms. The third kappa shape index (κ3) is 4.86. The summed E-state index contributed by atoms with van der Waals surface area (Å²) in [5.74, 6) is 0.0823. The fourth-order valence-corrected chi connectivity index (χ4v) is 3.26. The van der Waals surface area contributed by atoms with Crippen molar-refractivity contribution < 1.29 is 19.1 Å². The molecule has 0 spiro atoms. The Hall–Kier alpha value is -3.07. The smallest absolute Gasteiger partial charge is 0.410 e. The number of benzene rings is 1. The van der Waals surface area contributed by atoms with Crippen molar-refractivity contribution in [2.24, 2.45) is 0 Å². The Kier molecular flexibility index (Phi) is 6.38. The van der Waals surface area contributed by atoms with Crippen molar-refractivity contribution in [3.05, 3.63) is 50.9 Å². The van der Waals surface area contributed by atoms with E-state index in [1.807, 2.05) is 0 Å². The maximum Gasteiger partial charge on any atom is 0.410 e. The van der Waals surface area contributed by atoms with E-state index in [9.17, 15) is 14.4 Å². The average molecular weight is 421 g/mol. The number of methoxy groups -OCH3 is 1. The molecule has 0 unspecified atom stereocenters. The molecule has 154 valence electrons. The van der Waals surface area contributed by atoms with Crippen molar-refractivity contribution in [2.75, 3.05) is 25.6 Å². The summed E-state index contributed by atoms with van der Waals surface area (Å²) in [5, 5.41) is 7.34. The van der Waals surface area contributed by atoms with Crippen molar-refractivity contribution in [1.29, 1.82) is 0 Å². The van der Waals surface area contributed by atoms with Crippen LogP contribution in [-0.4, -0.2) is 46.9 Å². The van der Waals surface area contributed by atoms with Gasteiger partial charge < -0.3 is 19.7 Å². The molecule has 9 nitrogen and oxygen atoms in total. The molecule has 1 aromatic heterocycles. The number of hydrogen-bond donors (Lipinski definition) is 1. The molecule has 2 amide bonds. The first kappa shape index (κ1) is 20.7. The number of carbonyl (C=O) groups is 2.